The molecule has 1 aliphatic rings. The molecule has 1 aliphatic carbocycles. The number of benzene rings is 1. The van der Waals surface area contributed by atoms with Gasteiger partial charge < -0.3 is 4.74 Å². The van der Waals surface area contributed by atoms with Crippen molar-refractivity contribution in [2.45, 2.75) is 85.0 Å². The second-order valence-electron chi connectivity index (χ2n) is 8.80. The van der Waals surface area contributed by atoms with E-state index in [9.17, 15) is 0 Å². The molecule has 29 heavy (non-hydrogen) atoms. The first-order valence-electron chi connectivity index (χ1n) is 11.7. The maximum atomic E-state index is 5.66. The van der Waals surface area contributed by atoms with Crippen LogP contribution in [0.5, 0.6) is 5.75 Å². The summed E-state index contributed by atoms with van der Waals surface area (Å²) in [6.07, 6.45) is 16.8. The molecule has 0 amide bonds. The molecule has 1 fully saturated rings. The Kier molecular flexibility index (Phi) is 8.52. The van der Waals surface area contributed by atoms with Crippen LogP contribution >= 0.6 is 0 Å². The van der Waals surface area contributed by atoms with Gasteiger partial charge in [-0.05, 0) is 55.2 Å². The third-order valence-corrected chi connectivity index (χ3v) is 6.48. The van der Waals surface area contributed by atoms with E-state index >= 15 is 0 Å². The van der Waals surface area contributed by atoms with E-state index in [1.54, 1.807) is 12.4 Å². The lowest BCUT2D eigenvalue weighted by Crippen LogP contribution is -2.15. The van der Waals surface area contributed by atoms with Gasteiger partial charge in [-0.25, -0.2) is 9.97 Å². The van der Waals surface area contributed by atoms with E-state index in [0.29, 0.717) is 0 Å². The average molecular weight is 395 g/mol. The maximum Gasteiger partial charge on any atom is 0.159 e. The van der Waals surface area contributed by atoms with Crippen molar-refractivity contribution in [3.63, 3.8) is 0 Å². The molecule has 158 valence electrons. The quantitative estimate of drug-likeness (QED) is 0.401. The van der Waals surface area contributed by atoms with Crippen molar-refractivity contribution in [3.05, 3.63) is 41.7 Å². The summed E-state index contributed by atoms with van der Waals surface area (Å²) in [6, 6.07) is 6.69. The first-order valence-corrected chi connectivity index (χ1v) is 11.7. The summed E-state index contributed by atoms with van der Waals surface area (Å²) >= 11 is 0. The number of ether oxygens (including phenoxy) is 1. The highest BCUT2D eigenvalue weighted by Crippen LogP contribution is 2.34. The summed E-state index contributed by atoms with van der Waals surface area (Å²) in [6.45, 7) is 7.43. The van der Waals surface area contributed by atoms with Gasteiger partial charge in [-0.15, -0.1) is 0 Å². The van der Waals surface area contributed by atoms with E-state index in [1.165, 1.54) is 62.5 Å². The zero-order chi connectivity index (χ0) is 20.5. The summed E-state index contributed by atoms with van der Waals surface area (Å²) in [4.78, 5) is 9.01. The fourth-order valence-corrected chi connectivity index (χ4v) is 4.57. The van der Waals surface area contributed by atoms with Gasteiger partial charge in [0.05, 0.1) is 19.0 Å². The molecule has 0 bridgehead atoms. The van der Waals surface area contributed by atoms with Crippen LogP contribution in [0.2, 0.25) is 0 Å². The largest absolute Gasteiger partial charge is 0.490 e. The van der Waals surface area contributed by atoms with Gasteiger partial charge in [0.2, 0.25) is 0 Å². The predicted molar refractivity (Wildman–Crippen MR) is 121 cm³/mol. The first kappa shape index (κ1) is 21.8. The van der Waals surface area contributed by atoms with E-state index in [2.05, 4.69) is 48.9 Å². The zero-order valence-corrected chi connectivity index (χ0v) is 18.6. The lowest BCUT2D eigenvalue weighted by Gasteiger charge is -2.28. The van der Waals surface area contributed by atoms with Crippen molar-refractivity contribution in [3.8, 4) is 17.1 Å². The van der Waals surface area contributed by atoms with Crippen molar-refractivity contribution in [1.82, 2.24) is 9.97 Å². The highest BCUT2D eigenvalue weighted by Gasteiger charge is 2.20. The van der Waals surface area contributed by atoms with Gasteiger partial charge in [0.1, 0.15) is 0 Å². The molecule has 3 rings (SSSR count). The Bertz CT molecular complexity index is 733. The molecule has 2 aromatic rings. The van der Waals surface area contributed by atoms with E-state index in [-0.39, 0.29) is 0 Å². The normalized spacial score (nSPS) is 19.3. The van der Waals surface area contributed by atoms with Crippen LogP contribution in [0.1, 0.15) is 82.8 Å². The van der Waals surface area contributed by atoms with Crippen molar-refractivity contribution >= 4 is 0 Å². The molecule has 1 heterocycles. The lowest BCUT2D eigenvalue weighted by molar-refractivity contribution is 0.252. The third-order valence-electron chi connectivity index (χ3n) is 6.48. The molecular formula is C26H38N2O. The Labute approximate surface area is 177 Å². The molecule has 0 aliphatic heterocycles. The summed E-state index contributed by atoms with van der Waals surface area (Å²) < 4.78 is 5.66. The zero-order valence-electron chi connectivity index (χ0n) is 18.6. The third kappa shape index (κ3) is 6.55. The van der Waals surface area contributed by atoms with Crippen LogP contribution in [0.15, 0.2) is 30.6 Å². The monoisotopic (exact) mass is 394 g/mol. The molecule has 0 radical (unpaired) electrons. The number of aromatic nitrogens is 2. The maximum absolute atomic E-state index is 5.66. The van der Waals surface area contributed by atoms with Crippen LogP contribution in [0, 0.1) is 18.8 Å². The van der Waals surface area contributed by atoms with Gasteiger partial charge in [-0.2, -0.15) is 0 Å². The highest BCUT2D eigenvalue weighted by molar-refractivity contribution is 5.57. The summed E-state index contributed by atoms with van der Waals surface area (Å²) in [7, 11) is 0. The minimum absolute atomic E-state index is 0.729. The molecule has 1 aromatic heterocycles. The smallest absolute Gasteiger partial charge is 0.159 e. The highest BCUT2D eigenvalue weighted by atomic mass is 16.5. The van der Waals surface area contributed by atoms with Gasteiger partial charge in [0.15, 0.2) is 11.6 Å². The Hall–Kier alpha value is -1.90. The average Bonchev–Trinajstić information content (AvgIpc) is 2.75. The van der Waals surface area contributed by atoms with Crippen molar-refractivity contribution in [2.75, 3.05) is 6.61 Å². The summed E-state index contributed by atoms with van der Waals surface area (Å²) in [5.41, 5.74) is 3.92. The van der Waals surface area contributed by atoms with E-state index in [1.807, 2.05) is 0 Å². The van der Waals surface area contributed by atoms with Crippen molar-refractivity contribution < 1.29 is 4.74 Å². The Morgan fingerprint density at radius 2 is 1.62 bits per heavy atom. The van der Waals surface area contributed by atoms with E-state index in [4.69, 9.17) is 4.74 Å². The Morgan fingerprint density at radius 1 is 0.931 bits per heavy atom. The topological polar surface area (TPSA) is 35.0 Å². The molecule has 0 spiro atoms. The molecule has 0 atom stereocenters. The van der Waals surface area contributed by atoms with Gasteiger partial charge >= 0.3 is 0 Å². The van der Waals surface area contributed by atoms with Crippen LogP contribution in [-0.2, 0) is 6.42 Å². The number of nitrogens with zero attached hydrogens (tertiary/aromatic N) is 2. The van der Waals surface area contributed by atoms with Gasteiger partial charge in [-0.3, -0.25) is 0 Å². The van der Waals surface area contributed by atoms with Crippen LogP contribution in [0.3, 0.4) is 0 Å². The van der Waals surface area contributed by atoms with Crippen molar-refractivity contribution in [2.24, 2.45) is 11.8 Å². The molecule has 0 saturated heterocycles. The number of hydrogen-bond donors (Lipinski definition) is 0. The molecule has 3 heteroatoms. The molecule has 3 nitrogen and oxygen atoms in total. The predicted octanol–water partition coefficient (Wildman–Crippen LogP) is 7.17. The first-order chi connectivity index (χ1) is 14.2. The van der Waals surface area contributed by atoms with Gasteiger partial charge in [0.25, 0.3) is 0 Å². The number of rotatable bonds is 10. The number of aryl methyl sites for hydroxylation is 2. The molecule has 0 unspecified atom stereocenters. The minimum Gasteiger partial charge on any atom is -0.490 e. The van der Waals surface area contributed by atoms with E-state index in [0.717, 1.165) is 48.4 Å². The van der Waals surface area contributed by atoms with Crippen LogP contribution in [0.25, 0.3) is 11.4 Å². The van der Waals surface area contributed by atoms with Crippen LogP contribution in [-0.4, -0.2) is 16.6 Å². The fourth-order valence-electron chi connectivity index (χ4n) is 4.57. The van der Waals surface area contributed by atoms with E-state index < -0.39 is 0 Å². The molecule has 0 N–H and O–H groups in total. The standard InChI is InChI=1S/C26H38N2O/c1-4-6-16-29-25-18-27-26(28-19-25)24-15-14-23(20(3)17-24)13-12-22-10-8-21(7-5-2)9-11-22/h14-15,17-19,21-22H,4-13,16H2,1-3H3/t21-,22-. The Morgan fingerprint density at radius 3 is 2.24 bits per heavy atom. The van der Waals surface area contributed by atoms with Crippen LogP contribution in [0.4, 0.5) is 0 Å². The number of unbranched alkanes of at least 4 members (excludes halogenated alkanes) is 1. The summed E-state index contributed by atoms with van der Waals surface area (Å²) in [5.74, 6) is 3.45. The molecule has 1 aromatic carbocycles. The van der Waals surface area contributed by atoms with Crippen LogP contribution < -0.4 is 4.74 Å². The fraction of sp³-hybridized carbons (Fsp3) is 0.615. The van der Waals surface area contributed by atoms with Crippen molar-refractivity contribution in [1.29, 1.82) is 0 Å². The van der Waals surface area contributed by atoms with Gasteiger partial charge in [0, 0.05) is 5.56 Å². The van der Waals surface area contributed by atoms with Gasteiger partial charge in [-0.1, -0.05) is 70.9 Å². The number of hydrogen-bond acceptors (Lipinski definition) is 3. The second-order valence-corrected chi connectivity index (χ2v) is 8.80. The lowest BCUT2D eigenvalue weighted by atomic mass is 9.78. The second kappa shape index (κ2) is 11.3. The molecule has 1 saturated carbocycles. The Balaban J connectivity index is 1.52. The SMILES string of the molecule is CCCCOc1cnc(-c2ccc(CC[C@H]3CC[C@H](CCC)CC3)c(C)c2)nc1. The minimum atomic E-state index is 0.729. The molecular weight excluding hydrogens is 356 g/mol. The summed E-state index contributed by atoms with van der Waals surface area (Å²) in [5, 5.41) is 0.